The number of likely N-dealkylation sites (N-methyl/N-ethyl adjacent to an activating group) is 1. The van der Waals surface area contributed by atoms with Gasteiger partial charge in [0, 0.05) is 6.54 Å². The van der Waals surface area contributed by atoms with E-state index in [0.717, 1.165) is 22.5 Å². The van der Waals surface area contributed by atoms with Crippen molar-refractivity contribution in [2.75, 3.05) is 18.9 Å². The fourth-order valence-corrected chi connectivity index (χ4v) is 6.08. The van der Waals surface area contributed by atoms with Gasteiger partial charge in [-0.05, 0) is 49.4 Å². The summed E-state index contributed by atoms with van der Waals surface area (Å²) in [6.45, 7) is 2.62. The van der Waals surface area contributed by atoms with Gasteiger partial charge in [-0.1, -0.05) is 41.9 Å². The molecular weight excluding hydrogens is 522 g/mol. The Kier molecular flexibility index (Phi) is 7.84. The molecule has 190 valence electrons. The third kappa shape index (κ3) is 5.65. The van der Waals surface area contributed by atoms with Gasteiger partial charge in [0.1, 0.15) is 9.96 Å². The highest BCUT2D eigenvalue weighted by Crippen LogP contribution is 2.35. The van der Waals surface area contributed by atoms with E-state index in [1.165, 1.54) is 19.2 Å². The summed E-state index contributed by atoms with van der Waals surface area (Å²) in [4.78, 5) is 12.0. The predicted octanol–water partition coefficient (Wildman–Crippen LogP) is 3.83. The average molecular weight is 548 g/mol. The second-order valence-corrected chi connectivity index (χ2v) is 11.7. The fourth-order valence-electron chi connectivity index (χ4n) is 3.59. The lowest BCUT2D eigenvalue weighted by Crippen LogP contribution is -2.39. The molecule has 4 rings (SSSR count). The number of ether oxygens (including phenoxy) is 1. The molecule has 12 heteroatoms. The topological polar surface area (TPSA) is 114 Å². The van der Waals surface area contributed by atoms with Gasteiger partial charge in [0.25, 0.3) is 10.0 Å². The molecule has 0 radical (unpaired) electrons. The lowest BCUT2D eigenvalue weighted by molar-refractivity contribution is -0.122. The van der Waals surface area contributed by atoms with Crippen LogP contribution >= 0.6 is 22.9 Å². The van der Waals surface area contributed by atoms with Gasteiger partial charge in [-0.25, -0.2) is 8.42 Å². The van der Waals surface area contributed by atoms with Crippen LogP contribution in [0.4, 0.5) is 5.82 Å². The molecule has 0 aliphatic heterocycles. The molecule has 1 atom stereocenters. The van der Waals surface area contributed by atoms with Gasteiger partial charge in [-0.2, -0.15) is 5.10 Å². The van der Waals surface area contributed by atoms with Crippen LogP contribution in [0.2, 0.25) is 4.34 Å². The summed E-state index contributed by atoms with van der Waals surface area (Å²) in [6.07, 6.45) is 0. The zero-order chi connectivity index (χ0) is 25.9. The summed E-state index contributed by atoms with van der Waals surface area (Å²) in [7, 11) is -0.618. The molecule has 0 bridgehead atoms. The van der Waals surface area contributed by atoms with E-state index >= 15 is 0 Å². The lowest BCUT2D eigenvalue weighted by atomic mass is 10.1. The number of aromatic nitrogens is 2. The monoisotopic (exact) mass is 547 g/mol. The molecule has 0 aliphatic rings. The van der Waals surface area contributed by atoms with Crippen LogP contribution in [-0.2, 0) is 27.9 Å². The smallest absolute Gasteiger partial charge is 0.272 e. The maximum atomic E-state index is 13.0. The van der Waals surface area contributed by atoms with Crippen LogP contribution in [0.3, 0.4) is 0 Å². The van der Waals surface area contributed by atoms with Crippen molar-refractivity contribution in [3.63, 3.8) is 0 Å². The molecular formula is C24H26ClN5O4S2. The maximum Gasteiger partial charge on any atom is 0.272 e. The Bertz CT molecular complexity index is 1480. The third-order valence-corrected chi connectivity index (χ3v) is 8.71. The Morgan fingerprint density at radius 2 is 1.86 bits per heavy atom. The molecule has 0 aliphatic carbocycles. The predicted molar refractivity (Wildman–Crippen MR) is 142 cm³/mol. The zero-order valence-corrected chi connectivity index (χ0v) is 22.3. The van der Waals surface area contributed by atoms with E-state index in [2.05, 4.69) is 20.5 Å². The number of rotatable bonds is 10. The SMILES string of the molecule is CNC(C)C(=O)NCc1ccc(Cn2nc(NS(=O)(=O)c3ccc(Cl)s3)c3c(OC)cccc32)cc1. The molecule has 0 spiro atoms. The number of amides is 1. The number of fused-ring (bicyclic) bond motifs is 1. The Balaban J connectivity index is 1.59. The number of carbonyl (C=O) groups is 1. The number of hydrogen-bond donors (Lipinski definition) is 3. The van der Waals surface area contributed by atoms with Crippen LogP contribution in [0, 0.1) is 0 Å². The van der Waals surface area contributed by atoms with Gasteiger partial charge in [0.05, 0.1) is 34.9 Å². The van der Waals surface area contributed by atoms with Crippen molar-refractivity contribution in [3.8, 4) is 5.75 Å². The first-order valence-corrected chi connectivity index (χ1v) is 13.7. The van der Waals surface area contributed by atoms with Crippen molar-refractivity contribution < 1.29 is 17.9 Å². The van der Waals surface area contributed by atoms with Crippen molar-refractivity contribution in [1.29, 1.82) is 0 Å². The van der Waals surface area contributed by atoms with Crippen LogP contribution < -0.4 is 20.1 Å². The molecule has 2 heterocycles. The second kappa shape index (κ2) is 10.9. The molecule has 0 saturated carbocycles. The van der Waals surface area contributed by atoms with E-state index in [-0.39, 0.29) is 22.0 Å². The summed E-state index contributed by atoms with van der Waals surface area (Å²) in [5.41, 5.74) is 2.64. The first-order valence-electron chi connectivity index (χ1n) is 11.1. The Hall–Kier alpha value is -3.12. The minimum atomic E-state index is -3.88. The molecule has 36 heavy (non-hydrogen) atoms. The molecule has 1 unspecified atom stereocenters. The van der Waals surface area contributed by atoms with Gasteiger partial charge in [0.2, 0.25) is 5.91 Å². The van der Waals surface area contributed by atoms with Crippen molar-refractivity contribution in [2.24, 2.45) is 0 Å². The van der Waals surface area contributed by atoms with E-state index in [9.17, 15) is 13.2 Å². The van der Waals surface area contributed by atoms with Gasteiger partial charge in [-0.15, -0.1) is 11.3 Å². The number of carbonyl (C=O) groups excluding carboxylic acids is 1. The number of halogens is 1. The molecule has 1 amide bonds. The standard InChI is InChI=1S/C24H26ClN5O4S2/c1-15(26-2)24(31)27-13-16-7-9-17(10-8-16)14-30-18-5-4-6-19(34-3)22(18)23(28-30)29-36(32,33)21-12-11-20(25)35-21/h4-12,15,26H,13-14H2,1-3H3,(H,27,31)(H,28,29). The minimum absolute atomic E-state index is 0.0710. The summed E-state index contributed by atoms with van der Waals surface area (Å²) < 4.78 is 36.2. The molecule has 0 fully saturated rings. The molecule has 2 aromatic heterocycles. The van der Waals surface area contributed by atoms with Crippen molar-refractivity contribution in [2.45, 2.75) is 30.3 Å². The zero-order valence-electron chi connectivity index (χ0n) is 19.9. The fraction of sp³-hybridized carbons (Fsp3) is 0.250. The Labute approximate surface area is 218 Å². The number of anilines is 1. The molecule has 3 N–H and O–H groups in total. The molecule has 2 aromatic carbocycles. The number of benzene rings is 2. The van der Waals surface area contributed by atoms with Gasteiger partial charge < -0.3 is 15.4 Å². The molecule has 0 saturated heterocycles. The normalized spacial score (nSPS) is 12.4. The Morgan fingerprint density at radius 3 is 2.50 bits per heavy atom. The van der Waals surface area contributed by atoms with E-state index in [4.69, 9.17) is 16.3 Å². The number of thiophene rings is 1. The van der Waals surface area contributed by atoms with Crippen LogP contribution in [0.15, 0.2) is 58.8 Å². The highest BCUT2D eigenvalue weighted by atomic mass is 35.5. The summed E-state index contributed by atoms with van der Waals surface area (Å²) in [6, 6.07) is 16.0. The molecule has 9 nitrogen and oxygen atoms in total. The Morgan fingerprint density at radius 1 is 1.14 bits per heavy atom. The highest BCUT2D eigenvalue weighted by molar-refractivity contribution is 7.94. The van der Waals surface area contributed by atoms with Gasteiger partial charge in [0.15, 0.2) is 5.82 Å². The van der Waals surface area contributed by atoms with Crippen LogP contribution in [0.25, 0.3) is 10.9 Å². The first kappa shape index (κ1) is 26.0. The van der Waals surface area contributed by atoms with Crippen molar-refractivity contribution in [1.82, 2.24) is 20.4 Å². The van der Waals surface area contributed by atoms with Crippen LogP contribution in [-0.4, -0.2) is 44.3 Å². The van der Waals surface area contributed by atoms with Crippen molar-refractivity contribution in [3.05, 3.63) is 70.1 Å². The summed E-state index contributed by atoms with van der Waals surface area (Å²) in [5.74, 6) is 0.603. The number of nitrogens with zero attached hydrogens (tertiary/aromatic N) is 2. The summed E-state index contributed by atoms with van der Waals surface area (Å²) in [5, 5.41) is 10.9. The summed E-state index contributed by atoms with van der Waals surface area (Å²) >= 11 is 6.90. The van der Waals surface area contributed by atoms with E-state index in [0.29, 0.717) is 34.1 Å². The molecule has 4 aromatic rings. The van der Waals surface area contributed by atoms with Crippen LogP contribution in [0.5, 0.6) is 5.75 Å². The van der Waals surface area contributed by atoms with E-state index in [1.54, 1.807) is 24.7 Å². The minimum Gasteiger partial charge on any atom is -0.496 e. The van der Waals surface area contributed by atoms with Gasteiger partial charge >= 0.3 is 0 Å². The largest absolute Gasteiger partial charge is 0.496 e. The van der Waals surface area contributed by atoms with Crippen molar-refractivity contribution >= 4 is 55.6 Å². The van der Waals surface area contributed by atoms with E-state index in [1.807, 2.05) is 36.4 Å². The van der Waals surface area contributed by atoms with E-state index < -0.39 is 10.0 Å². The number of nitrogens with one attached hydrogen (secondary N) is 3. The van der Waals surface area contributed by atoms with Gasteiger partial charge in [-0.3, -0.25) is 14.2 Å². The first-order chi connectivity index (χ1) is 17.2. The quantitative estimate of drug-likeness (QED) is 0.278. The third-order valence-electron chi connectivity index (χ3n) is 5.65. The highest BCUT2D eigenvalue weighted by Gasteiger charge is 2.23. The second-order valence-electron chi connectivity index (χ2n) is 8.07. The number of methoxy groups -OCH3 is 1. The lowest BCUT2D eigenvalue weighted by Gasteiger charge is -2.11. The van der Waals surface area contributed by atoms with Crippen LogP contribution in [0.1, 0.15) is 18.1 Å². The number of sulfonamides is 1. The maximum absolute atomic E-state index is 13.0. The number of hydrogen-bond acceptors (Lipinski definition) is 7. The average Bonchev–Trinajstić information content (AvgIpc) is 3.46.